The lowest BCUT2D eigenvalue weighted by Crippen LogP contribution is -2.11. The van der Waals surface area contributed by atoms with Crippen LogP contribution in [0.2, 0.25) is 0 Å². The molecule has 266 valence electrons. The molecule has 12 rings (SSSR count). The highest BCUT2D eigenvalue weighted by Crippen LogP contribution is 2.47. The van der Waals surface area contributed by atoms with Gasteiger partial charge in [0.2, 0.25) is 0 Å². The molecule has 0 N–H and O–H groups in total. The minimum absolute atomic E-state index is 0.870. The average molecular weight is 728 g/mol. The Balaban J connectivity index is 1.05. The van der Waals surface area contributed by atoms with Crippen LogP contribution in [0.1, 0.15) is 0 Å². The zero-order valence-electron chi connectivity index (χ0n) is 30.8. The summed E-state index contributed by atoms with van der Waals surface area (Å²) < 4.78 is 12.9. The van der Waals surface area contributed by atoms with Crippen molar-refractivity contribution in [2.24, 2.45) is 0 Å². The molecule has 0 fully saturated rings. The van der Waals surface area contributed by atoms with Gasteiger partial charge >= 0.3 is 0 Å². The van der Waals surface area contributed by atoms with Crippen LogP contribution in [0.15, 0.2) is 209 Å². The predicted molar refractivity (Wildman–Crippen MR) is 239 cm³/mol. The van der Waals surface area contributed by atoms with Gasteiger partial charge in [-0.3, -0.25) is 0 Å². The van der Waals surface area contributed by atoms with E-state index >= 15 is 0 Å². The third kappa shape index (κ3) is 4.99. The highest BCUT2D eigenvalue weighted by atomic mass is 16.3. The van der Waals surface area contributed by atoms with E-state index in [0.717, 1.165) is 77.5 Å². The van der Waals surface area contributed by atoms with E-state index in [-0.39, 0.29) is 0 Å². The van der Waals surface area contributed by atoms with Crippen molar-refractivity contribution in [2.75, 3.05) is 4.90 Å². The summed E-state index contributed by atoms with van der Waals surface area (Å²) in [6.45, 7) is 0. The first kappa shape index (κ1) is 31.7. The molecule has 3 nitrogen and oxygen atoms in total. The fraction of sp³-hybridized carbons (Fsp3) is 0. The number of fused-ring (bicyclic) bond motifs is 11. The van der Waals surface area contributed by atoms with E-state index in [4.69, 9.17) is 8.83 Å². The summed E-state index contributed by atoms with van der Waals surface area (Å²) >= 11 is 0. The topological polar surface area (TPSA) is 29.5 Å². The van der Waals surface area contributed by atoms with E-state index in [9.17, 15) is 0 Å². The van der Waals surface area contributed by atoms with Gasteiger partial charge in [-0.2, -0.15) is 0 Å². The minimum atomic E-state index is 0.870. The van der Waals surface area contributed by atoms with Crippen molar-refractivity contribution in [1.82, 2.24) is 0 Å². The molecule has 2 heterocycles. The first-order valence-electron chi connectivity index (χ1n) is 19.4. The lowest BCUT2D eigenvalue weighted by Gasteiger charge is -2.28. The number of para-hydroxylation sites is 2. The van der Waals surface area contributed by atoms with E-state index in [1.165, 1.54) is 38.1 Å². The van der Waals surface area contributed by atoms with E-state index in [1.54, 1.807) is 0 Å². The average Bonchev–Trinajstić information content (AvgIpc) is 3.85. The Kier molecular flexibility index (Phi) is 6.93. The summed E-state index contributed by atoms with van der Waals surface area (Å²) in [5.74, 6) is 0. The quantitative estimate of drug-likeness (QED) is 0.165. The van der Waals surface area contributed by atoms with Gasteiger partial charge < -0.3 is 13.7 Å². The summed E-state index contributed by atoms with van der Waals surface area (Å²) in [6, 6.07) is 71.6. The molecule has 0 amide bonds. The molecule has 0 aliphatic heterocycles. The van der Waals surface area contributed by atoms with Gasteiger partial charge in [0.15, 0.2) is 0 Å². The Morgan fingerprint density at radius 1 is 0.316 bits per heavy atom. The third-order valence-corrected chi connectivity index (χ3v) is 11.6. The molecule has 0 aliphatic rings. The number of hydrogen-bond donors (Lipinski definition) is 0. The molecule has 57 heavy (non-hydrogen) atoms. The van der Waals surface area contributed by atoms with E-state index < -0.39 is 0 Å². The molecule has 0 spiro atoms. The summed E-state index contributed by atoms with van der Waals surface area (Å²) in [5, 5.41) is 11.7. The van der Waals surface area contributed by atoms with Crippen molar-refractivity contribution >= 4 is 93.3 Å². The van der Waals surface area contributed by atoms with Gasteiger partial charge in [-0.15, -0.1) is 0 Å². The van der Waals surface area contributed by atoms with Crippen LogP contribution in [0.25, 0.3) is 98.4 Å². The van der Waals surface area contributed by atoms with Crippen molar-refractivity contribution in [3.8, 4) is 22.3 Å². The fourth-order valence-corrected chi connectivity index (χ4v) is 8.95. The Morgan fingerprint density at radius 3 is 1.82 bits per heavy atom. The molecule has 10 aromatic carbocycles. The summed E-state index contributed by atoms with van der Waals surface area (Å²) in [7, 11) is 0. The van der Waals surface area contributed by atoms with Crippen LogP contribution in [-0.4, -0.2) is 0 Å². The van der Waals surface area contributed by atoms with Crippen LogP contribution in [0.5, 0.6) is 0 Å². The number of benzene rings is 10. The van der Waals surface area contributed by atoms with Crippen molar-refractivity contribution < 1.29 is 8.83 Å². The number of nitrogens with zero attached hydrogens (tertiary/aromatic N) is 1. The first-order chi connectivity index (χ1) is 28.2. The normalized spacial score (nSPS) is 11.9. The molecule has 0 radical (unpaired) electrons. The van der Waals surface area contributed by atoms with Gasteiger partial charge in [-0.25, -0.2) is 0 Å². The molecule has 0 aliphatic carbocycles. The van der Waals surface area contributed by atoms with Crippen LogP contribution in [-0.2, 0) is 0 Å². The molecular formula is C54H33NO2. The Labute approximate surface area is 328 Å². The van der Waals surface area contributed by atoms with Crippen LogP contribution in [0.3, 0.4) is 0 Å². The summed E-state index contributed by atoms with van der Waals surface area (Å²) in [4.78, 5) is 2.38. The summed E-state index contributed by atoms with van der Waals surface area (Å²) in [6.07, 6.45) is 0. The van der Waals surface area contributed by atoms with Gasteiger partial charge in [0, 0.05) is 43.9 Å². The van der Waals surface area contributed by atoms with Gasteiger partial charge in [-0.1, -0.05) is 140 Å². The summed E-state index contributed by atoms with van der Waals surface area (Å²) in [5.41, 5.74) is 11.3. The molecule has 0 unspecified atom stereocenters. The van der Waals surface area contributed by atoms with Gasteiger partial charge in [0.25, 0.3) is 0 Å². The largest absolute Gasteiger partial charge is 0.456 e. The van der Waals surface area contributed by atoms with Crippen LogP contribution in [0.4, 0.5) is 17.1 Å². The maximum Gasteiger partial charge on any atom is 0.143 e. The zero-order chi connectivity index (χ0) is 37.5. The zero-order valence-corrected chi connectivity index (χ0v) is 30.8. The second kappa shape index (κ2) is 12.5. The highest BCUT2D eigenvalue weighted by Gasteiger charge is 2.22. The van der Waals surface area contributed by atoms with Crippen LogP contribution < -0.4 is 4.90 Å². The monoisotopic (exact) mass is 727 g/mol. The van der Waals surface area contributed by atoms with Crippen molar-refractivity contribution in [2.45, 2.75) is 0 Å². The molecule has 0 saturated heterocycles. The Bertz CT molecular complexity index is 3530. The van der Waals surface area contributed by atoms with E-state index in [0.29, 0.717) is 0 Å². The molecule has 12 aromatic rings. The Hall–Kier alpha value is -7.62. The maximum absolute atomic E-state index is 6.66. The smallest absolute Gasteiger partial charge is 0.143 e. The maximum atomic E-state index is 6.66. The third-order valence-electron chi connectivity index (χ3n) is 11.6. The predicted octanol–water partition coefficient (Wildman–Crippen LogP) is 15.7. The number of furan rings is 2. The molecule has 0 atom stereocenters. The molecule has 0 saturated carbocycles. The van der Waals surface area contributed by atoms with E-state index in [1.807, 2.05) is 12.1 Å². The molecule has 3 heteroatoms. The lowest BCUT2D eigenvalue weighted by molar-refractivity contribution is 0.669. The lowest BCUT2D eigenvalue weighted by atomic mass is 9.95. The van der Waals surface area contributed by atoms with Crippen LogP contribution >= 0.6 is 0 Å². The van der Waals surface area contributed by atoms with E-state index in [2.05, 4.69) is 193 Å². The van der Waals surface area contributed by atoms with Crippen molar-refractivity contribution in [3.63, 3.8) is 0 Å². The minimum Gasteiger partial charge on any atom is -0.456 e. The van der Waals surface area contributed by atoms with Crippen LogP contribution in [0, 0.1) is 0 Å². The fourth-order valence-electron chi connectivity index (χ4n) is 8.95. The second-order valence-electron chi connectivity index (χ2n) is 14.8. The second-order valence-corrected chi connectivity index (χ2v) is 14.8. The first-order valence-corrected chi connectivity index (χ1v) is 19.4. The molecule has 0 bridgehead atoms. The van der Waals surface area contributed by atoms with Gasteiger partial charge in [0.05, 0.1) is 5.69 Å². The number of anilines is 3. The SMILES string of the molecule is c1ccc(N(c2ccc(-c3ccc4c(ccc5ccccc54)c3)cc2)c2ccc3oc4ccccc4c3c2)c(-c2cccc3oc4c5ccccc5ccc4c23)c1. The number of hydrogen-bond acceptors (Lipinski definition) is 3. The van der Waals surface area contributed by atoms with Crippen molar-refractivity contribution in [1.29, 1.82) is 0 Å². The molecule has 2 aromatic heterocycles. The standard InChI is InChI=1S/C54H33NO2/c1-3-12-41-35(10-1)20-21-38-32-37(25-29-42(38)41)34-22-26-39(27-23-34)55(40-28-31-51-48(33-40)45-15-6-8-18-50(45)56-51)49-17-7-5-14-44(49)46-16-9-19-52-53(46)47-30-24-36-11-2-4-13-43(36)54(47)57-52/h1-33H. The van der Waals surface area contributed by atoms with Gasteiger partial charge in [0.1, 0.15) is 22.3 Å². The van der Waals surface area contributed by atoms with Crippen molar-refractivity contribution in [3.05, 3.63) is 200 Å². The molecular weight excluding hydrogens is 695 g/mol. The highest BCUT2D eigenvalue weighted by molar-refractivity contribution is 6.20. The van der Waals surface area contributed by atoms with Gasteiger partial charge in [-0.05, 0) is 104 Å². The Morgan fingerprint density at radius 2 is 0.930 bits per heavy atom. The number of rotatable bonds is 5.